The van der Waals surface area contributed by atoms with Gasteiger partial charge in [-0.3, -0.25) is 4.57 Å². The van der Waals surface area contributed by atoms with Crippen molar-refractivity contribution >= 4 is 7.60 Å². The Kier molecular flexibility index (Phi) is 14.3. The van der Waals surface area contributed by atoms with Gasteiger partial charge >= 0.3 is 7.60 Å². The second kappa shape index (κ2) is 14.2. The van der Waals surface area contributed by atoms with Gasteiger partial charge in [0.1, 0.15) is 13.2 Å². The number of hydrogen-bond donors (Lipinski definition) is 0. The number of hydrogen-bond acceptors (Lipinski definition) is 3. The van der Waals surface area contributed by atoms with Gasteiger partial charge in [0.15, 0.2) is 0 Å². The summed E-state index contributed by atoms with van der Waals surface area (Å²) < 4.78 is 24.8. The van der Waals surface area contributed by atoms with Gasteiger partial charge in [-0.25, -0.2) is 0 Å². The van der Waals surface area contributed by atoms with Crippen molar-refractivity contribution in [2.45, 2.75) is 90.6 Å². The summed E-state index contributed by atoms with van der Waals surface area (Å²) in [4.78, 5) is 0. The third-order valence-electron chi connectivity index (χ3n) is 4.42. The van der Waals surface area contributed by atoms with E-state index in [-0.39, 0.29) is 6.10 Å². The molecule has 0 rings (SSSR count). The van der Waals surface area contributed by atoms with E-state index < -0.39 is 7.60 Å². The van der Waals surface area contributed by atoms with Crippen molar-refractivity contribution in [3.8, 4) is 0 Å². The number of quaternary nitrogens is 1. The first-order valence-electron chi connectivity index (χ1n) is 10.4. The first kappa shape index (κ1) is 25.1. The number of rotatable bonds is 17. The van der Waals surface area contributed by atoms with E-state index >= 15 is 0 Å². The minimum Gasteiger partial charge on any atom is -0.329 e. The van der Waals surface area contributed by atoms with Crippen LogP contribution in [0.1, 0.15) is 84.5 Å². The number of likely N-dealkylation sites (N-methyl/N-ethyl adjacent to an activating group) is 1. The average Bonchev–Trinajstić information content (AvgIpc) is 2.48. The molecule has 0 saturated carbocycles. The first-order chi connectivity index (χ1) is 11.7. The van der Waals surface area contributed by atoms with Gasteiger partial charge in [-0.15, -0.1) is 0 Å². The number of nitrogens with zero attached hydrogens (tertiary/aromatic N) is 1. The fourth-order valence-corrected chi connectivity index (χ4v) is 4.09. The molecule has 152 valence electrons. The Morgan fingerprint density at radius 1 is 0.840 bits per heavy atom. The molecule has 0 aromatic heterocycles. The van der Waals surface area contributed by atoms with Crippen LogP contribution in [0.2, 0.25) is 0 Å². The lowest BCUT2D eigenvalue weighted by atomic mass is 10.0. The molecule has 0 aliphatic rings. The van der Waals surface area contributed by atoms with E-state index in [1.165, 1.54) is 44.9 Å². The zero-order valence-corrected chi connectivity index (χ0v) is 18.8. The highest BCUT2D eigenvalue weighted by Crippen LogP contribution is 2.46. The molecule has 0 radical (unpaired) electrons. The fraction of sp³-hybridized carbons (Fsp3) is 1.00. The minimum atomic E-state index is -2.95. The maximum absolute atomic E-state index is 12.6. The van der Waals surface area contributed by atoms with Crippen molar-refractivity contribution in [1.29, 1.82) is 0 Å². The number of unbranched alkanes of at least 4 members (excludes halogenated alkanes) is 7. The Morgan fingerprint density at radius 2 is 1.40 bits per heavy atom. The molecule has 0 saturated heterocycles. The smallest absolute Gasteiger partial charge is 0.328 e. The van der Waals surface area contributed by atoms with Gasteiger partial charge < -0.3 is 13.5 Å². The van der Waals surface area contributed by atoms with E-state index in [0.717, 1.165) is 36.7 Å². The Labute approximate surface area is 157 Å². The molecule has 0 bridgehead atoms. The largest absolute Gasteiger partial charge is 0.329 e. The standard InChI is InChI=1S/C20H45NO3P/c1-7-9-10-11-12-13-14-15-17-20(16-8-2)24-25(6,22)23-19-18-21(3,4)5/h20H,7-19H2,1-6H3/q+1. The lowest BCUT2D eigenvalue weighted by molar-refractivity contribution is -0.870. The van der Waals surface area contributed by atoms with Gasteiger partial charge in [-0.1, -0.05) is 71.6 Å². The van der Waals surface area contributed by atoms with Gasteiger partial charge in [0, 0.05) is 6.66 Å². The van der Waals surface area contributed by atoms with Crippen molar-refractivity contribution < 1.29 is 18.1 Å². The van der Waals surface area contributed by atoms with Crippen LogP contribution >= 0.6 is 7.60 Å². The molecular formula is C20H45NO3P+. The second-order valence-corrected chi connectivity index (χ2v) is 10.4. The highest BCUT2D eigenvalue weighted by molar-refractivity contribution is 7.53. The van der Waals surface area contributed by atoms with Crippen LogP contribution in [0.3, 0.4) is 0 Å². The second-order valence-electron chi connectivity index (χ2n) is 8.40. The highest BCUT2D eigenvalue weighted by Gasteiger charge is 2.23. The predicted octanol–water partition coefficient (Wildman–Crippen LogP) is 6.25. The minimum absolute atomic E-state index is 0.0741. The van der Waals surface area contributed by atoms with Crippen LogP contribution in [-0.2, 0) is 13.6 Å². The molecule has 2 unspecified atom stereocenters. The third kappa shape index (κ3) is 17.3. The Bertz CT molecular complexity index is 355. The summed E-state index contributed by atoms with van der Waals surface area (Å²) in [6, 6.07) is 0. The summed E-state index contributed by atoms with van der Waals surface area (Å²) in [7, 11) is 3.36. The summed E-state index contributed by atoms with van der Waals surface area (Å²) in [5.74, 6) is 0. The lowest BCUT2D eigenvalue weighted by Gasteiger charge is -2.26. The zero-order chi connectivity index (χ0) is 19.2. The molecule has 4 nitrogen and oxygen atoms in total. The molecule has 0 N–H and O–H groups in total. The molecular weight excluding hydrogens is 333 g/mol. The Hall–Kier alpha value is 0.110. The lowest BCUT2D eigenvalue weighted by Crippen LogP contribution is -2.37. The van der Waals surface area contributed by atoms with Gasteiger partial charge in [0.05, 0.1) is 27.2 Å². The fourth-order valence-electron chi connectivity index (χ4n) is 2.86. The van der Waals surface area contributed by atoms with Crippen molar-refractivity contribution in [2.24, 2.45) is 0 Å². The predicted molar refractivity (Wildman–Crippen MR) is 109 cm³/mol. The Balaban J connectivity index is 4.00. The van der Waals surface area contributed by atoms with E-state index in [9.17, 15) is 4.57 Å². The van der Waals surface area contributed by atoms with Crippen LogP contribution in [0.25, 0.3) is 0 Å². The van der Waals surface area contributed by atoms with Gasteiger partial charge in [0.25, 0.3) is 0 Å². The molecule has 0 aromatic carbocycles. The summed E-state index contributed by atoms with van der Waals surface area (Å²) in [6.07, 6.45) is 13.6. The highest BCUT2D eigenvalue weighted by atomic mass is 31.2. The maximum atomic E-state index is 12.6. The Morgan fingerprint density at radius 3 is 1.92 bits per heavy atom. The molecule has 0 aromatic rings. The molecule has 5 heteroatoms. The van der Waals surface area contributed by atoms with Crippen LogP contribution < -0.4 is 0 Å². The van der Waals surface area contributed by atoms with Crippen molar-refractivity contribution in [3.63, 3.8) is 0 Å². The maximum Gasteiger partial charge on any atom is 0.328 e. The van der Waals surface area contributed by atoms with Crippen LogP contribution in [0.4, 0.5) is 0 Å². The van der Waals surface area contributed by atoms with Gasteiger partial charge in [-0.05, 0) is 12.8 Å². The van der Waals surface area contributed by atoms with Crippen LogP contribution in [-0.4, -0.2) is 51.5 Å². The van der Waals surface area contributed by atoms with Gasteiger partial charge in [0.2, 0.25) is 0 Å². The molecule has 0 aliphatic carbocycles. The summed E-state index contributed by atoms with van der Waals surface area (Å²) >= 11 is 0. The molecule has 25 heavy (non-hydrogen) atoms. The zero-order valence-electron chi connectivity index (χ0n) is 17.9. The topological polar surface area (TPSA) is 35.5 Å². The van der Waals surface area contributed by atoms with E-state index in [4.69, 9.17) is 9.05 Å². The van der Waals surface area contributed by atoms with Crippen molar-refractivity contribution in [2.75, 3.05) is 41.0 Å². The summed E-state index contributed by atoms with van der Waals surface area (Å²) in [5.41, 5.74) is 0. The quantitative estimate of drug-likeness (QED) is 0.170. The molecule has 0 amide bonds. The molecule has 0 fully saturated rings. The monoisotopic (exact) mass is 378 g/mol. The van der Waals surface area contributed by atoms with E-state index in [1.54, 1.807) is 6.66 Å². The molecule has 0 spiro atoms. The molecule has 0 aliphatic heterocycles. The molecule has 0 heterocycles. The first-order valence-corrected chi connectivity index (χ1v) is 12.4. The van der Waals surface area contributed by atoms with Crippen LogP contribution in [0.5, 0.6) is 0 Å². The van der Waals surface area contributed by atoms with Gasteiger partial charge in [-0.2, -0.15) is 0 Å². The van der Waals surface area contributed by atoms with Crippen molar-refractivity contribution in [3.05, 3.63) is 0 Å². The van der Waals surface area contributed by atoms with E-state index in [0.29, 0.717) is 6.61 Å². The van der Waals surface area contributed by atoms with Crippen LogP contribution in [0, 0.1) is 0 Å². The summed E-state index contributed by atoms with van der Waals surface area (Å²) in [6.45, 7) is 7.35. The summed E-state index contributed by atoms with van der Waals surface area (Å²) in [5, 5.41) is 0. The van der Waals surface area contributed by atoms with E-state index in [1.807, 2.05) is 0 Å². The van der Waals surface area contributed by atoms with Crippen molar-refractivity contribution in [1.82, 2.24) is 0 Å². The average molecular weight is 379 g/mol. The SMILES string of the molecule is CCCCCCCCCCC(CCC)OP(C)(=O)OCC[N+](C)(C)C. The normalized spacial score (nSPS) is 15.9. The van der Waals surface area contributed by atoms with E-state index in [2.05, 4.69) is 35.0 Å². The van der Waals surface area contributed by atoms with Crippen LogP contribution in [0.15, 0.2) is 0 Å². The molecule has 2 atom stereocenters. The third-order valence-corrected chi connectivity index (χ3v) is 5.75.